The van der Waals surface area contributed by atoms with E-state index in [2.05, 4.69) is 32.0 Å². The molecule has 1 heterocycles. The van der Waals surface area contributed by atoms with E-state index in [1.165, 1.54) is 16.7 Å². The molecule has 2 N–H and O–H groups in total. The number of ether oxygens (including phenoxy) is 1. The minimum atomic E-state index is -0.00729. The van der Waals surface area contributed by atoms with Gasteiger partial charge in [-0.05, 0) is 19.4 Å². The van der Waals surface area contributed by atoms with Crippen LogP contribution in [0.4, 0.5) is 0 Å². The maximum absolute atomic E-state index is 12.2. The van der Waals surface area contributed by atoms with Gasteiger partial charge in [-0.3, -0.25) is 4.79 Å². The molecule has 1 aromatic rings. The molecule has 0 spiro atoms. The summed E-state index contributed by atoms with van der Waals surface area (Å²) in [4.78, 5) is 14.1. The minimum Gasteiger partial charge on any atom is -0.373 e. The van der Waals surface area contributed by atoms with Gasteiger partial charge in [0.1, 0.15) is 0 Å². The molecule has 21 heavy (non-hydrogen) atoms. The average Bonchev–Trinajstić information content (AvgIpc) is 2.46. The van der Waals surface area contributed by atoms with E-state index in [0.717, 1.165) is 5.75 Å². The van der Waals surface area contributed by atoms with Gasteiger partial charge in [0, 0.05) is 25.4 Å². The van der Waals surface area contributed by atoms with Gasteiger partial charge in [-0.2, -0.15) is 0 Å². The van der Waals surface area contributed by atoms with Crippen molar-refractivity contribution in [2.75, 3.05) is 32.0 Å². The summed E-state index contributed by atoms with van der Waals surface area (Å²) >= 11 is 1.67. The number of benzene rings is 1. The first-order valence-electron chi connectivity index (χ1n) is 7.33. The van der Waals surface area contributed by atoms with Gasteiger partial charge in [-0.1, -0.05) is 29.3 Å². The molecule has 0 saturated carbocycles. The molecule has 0 aromatic heterocycles. The third-order valence-corrected chi connectivity index (χ3v) is 4.52. The first-order valence-corrected chi connectivity index (χ1v) is 8.48. The Morgan fingerprint density at radius 2 is 2.10 bits per heavy atom. The molecule has 1 atom stereocenters. The first kappa shape index (κ1) is 16.3. The molecule has 0 radical (unpaired) electrons. The molecule has 1 aliphatic heterocycles. The Morgan fingerprint density at radius 1 is 1.38 bits per heavy atom. The smallest absolute Gasteiger partial charge is 0.232 e. The van der Waals surface area contributed by atoms with E-state index in [0.29, 0.717) is 32.0 Å². The Hall–Kier alpha value is -1.04. The molecular formula is C16H24N2O2S. The number of carbonyl (C=O) groups excluding carboxylic acids is 1. The maximum atomic E-state index is 12.2. The maximum Gasteiger partial charge on any atom is 0.232 e. The number of nitrogens with zero attached hydrogens (tertiary/aromatic N) is 1. The summed E-state index contributed by atoms with van der Waals surface area (Å²) in [6, 6.07) is 6.54. The van der Waals surface area contributed by atoms with E-state index in [-0.39, 0.29) is 12.0 Å². The number of hydrogen-bond acceptors (Lipinski definition) is 4. The van der Waals surface area contributed by atoms with Gasteiger partial charge in [0.15, 0.2) is 0 Å². The Bertz CT molecular complexity index is 473. The van der Waals surface area contributed by atoms with Gasteiger partial charge in [-0.25, -0.2) is 0 Å². The van der Waals surface area contributed by atoms with Crippen LogP contribution in [-0.2, 0) is 15.3 Å². The summed E-state index contributed by atoms with van der Waals surface area (Å²) in [6.07, 6.45) is -0.00729. The SMILES string of the molecule is Cc1cc(C)cc(CSCC(=O)N2CCOC(CN)C2)c1. The van der Waals surface area contributed by atoms with Crippen molar-refractivity contribution in [2.24, 2.45) is 5.73 Å². The minimum absolute atomic E-state index is 0.00729. The van der Waals surface area contributed by atoms with Crippen molar-refractivity contribution < 1.29 is 9.53 Å². The number of aryl methyl sites for hydroxylation is 2. The first-order chi connectivity index (χ1) is 10.1. The second-order valence-corrected chi connectivity index (χ2v) is 6.54. The largest absolute Gasteiger partial charge is 0.373 e. The highest BCUT2D eigenvalue weighted by Gasteiger charge is 2.22. The van der Waals surface area contributed by atoms with Crippen LogP contribution in [-0.4, -0.2) is 48.9 Å². The average molecular weight is 308 g/mol. The van der Waals surface area contributed by atoms with Crippen LogP contribution in [0.25, 0.3) is 0 Å². The third kappa shape index (κ3) is 5.02. The molecule has 4 nitrogen and oxygen atoms in total. The van der Waals surface area contributed by atoms with Gasteiger partial charge in [0.2, 0.25) is 5.91 Å². The van der Waals surface area contributed by atoms with Crippen LogP contribution < -0.4 is 5.73 Å². The van der Waals surface area contributed by atoms with Gasteiger partial charge >= 0.3 is 0 Å². The van der Waals surface area contributed by atoms with Crippen LogP contribution in [0, 0.1) is 13.8 Å². The third-order valence-electron chi connectivity index (χ3n) is 3.53. The summed E-state index contributed by atoms with van der Waals surface area (Å²) in [7, 11) is 0. The van der Waals surface area contributed by atoms with E-state index in [1.807, 2.05) is 4.90 Å². The zero-order valence-corrected chi connectivity index (χ0v) is 13.6. The van der Waals surface area contributed by atoms with Crippen molar-refractivity contribution in [2.45, 2.75) is 25.7 Å². The lowest BCUT2D eigenvalue weighted by atomic mass is 10.1. The number of amides is 1. The summed E-state index contributed by atoms with van der Waals surface area (Å²) in [5.41, 5.74) is 9.43. The number of morpholine rings is 1. The monoisotopic (exact) mass is 308 g/mol. The highest BCUT2D eigenvalue weighted by molar-refractivity contribution is 7.99. The zero-order valence-electron chi connectivity index (χ0n) is 12.8. The normalized spacial score (nSPS) is 18.8. The van der Waals surface area contributed by atoms with E-state index in [9.17, 15) is 4.79 Å². The second-order valence-electron chi connectivity index (χ2n) is 5.56. The predicted octanol–water partition coefficient (Wildman–Crippen LogP) is 1.72. The molecule has 5 heteroatoms. The van der Waals surface area contributed by atoms with Gasteiger partial charge in [0.25, 0.3) is 0 Å². The lowest BCUT2D eigenvalue weighted by Crippen LogP contribution is -2.48. The van der Waals surface area contributed by atoms with Crippen molar-refractivity contribution in [3.8, 4) is 0 Å². The molecular weight excluding hydrogens is 284 g/mol. The van der Waals surface area contributed by atoms with E-state index in [1.54, 1.807) is 11.8 Å². The van der Waals surface area contributed by atoms with Gasteiger partial charge in [-0.15, -0.1) is 11.8 Å². The molecule has 1 saturated heterocycles. The quantitative estimate of drug-likeness (QED) is 0.900. The lowest BCUT2D eigenvalue weighted by Gasteiger charge is -2.32. The molecule has 116 valence electrons. The summed E-state index contributed by atoms with van der Waals surface area (Å²) in [5.74, 6) is 1.58. The van der Waals surface area contributed by atoms with Crippen LogP contribution in [0.15, 0.2) is 18.2 Å². The van der Waals surface area contributed by atoms with Crippen LogP contribution in [0.5, 0.6) is 0 Å². The Labute approximate surface area is 131 Å². The van der Waals surface area contributed by atoms with Crippen LogP contribution in [0.1, 0.15) is 16.7 Å². The summed E-state index contributed by atoms with van der Waals surface area (Å²) in [5, 5.41) is 0. The van der Waals surface area contributed by atoms with E-state index >= 15 is 0 Å². The highest BCUT2D eigenvalue weighted by atomic mass is 32.2. The van der Waals surface area contributed by atoms with Crippen molar-refractivity contribution in [1.29, 1.82) is 0 Å². The van der Waals surface area contributed by atoms with E-state index < -0.39 is 0 Å². The second kappa shape index (κ2) is 7.82. The van der Waals surface area contributed by atoms with Crippen LogP contribution in [0.2, 0.25) is 0 Å². The fraction of sp³-hybridized carbons (Fsp3) is 0.562. The summed E-state index contributed by atoms with van der Waals surface area (Å²) < 4.78 is 5.48. The zero-order chi connectivity index (χ0) is 15.2. The summed E-state index contributed by atoms with van der Waals surface area (Å²) in [6.45, 7) is 6.58. The van der Waals surface area contributed by atoms with Crippen LogP contribution >= 0.6 is 11.8 Å². The van der Waals surface area contributed by atoms with Crippen molar-refractivity contribution in [1.82, 2.24) is 4.90 Å². The fourth-order valence-electron chi connectivity index (χ4n) is 2.59. The van der Waals surface area contributed by atoms with Crippen molar-refractivity contribution >= 4 is 17.7 Å². The van der Waals surface area contributed by atoms with Gasteiger partial charge < -0.3 is 15.4 Å². The number of thioether (sulfide) groups is 1. The molecule has 1 unspecified atom stereocenters. The number of carbonyl (C=O) groups is 1. The Balaban J connectivity index is 1.78. The van der Waals surface area contributed by atoms with Gasteiger partial charge in [0.05, 0.1) is 18.5 Å². The van der Waals surface area contributed by atoms with Crippen molar-refractivity contribution in [3.05, 3.63) is 34.9 Å². The van der Waals surface area contributed by atoms with E-state index in [4.69, 9.17) is 10.5 Å². The molecule has 1 aliphatic rings. The molecule has 2 rings (SSSR count). The highest BCUT2D eigenvalue weighted by Crippen LogP contribution is 2.17. The Kier molecular flexibility index (Phi) is 6.08. The Morgan fingerprint density at radius 3 is 2.76 bits per heavy atom. The molecule has 1 amide bonds. The van der Waals surface area contributed by atoms with Crippen molar-refractivity contribution in [3.63, 3.8) is 0 Å². The molecule has 0 bridgehead atoms. The molecule has 0 aliphatic carbocycles. The molecule has 1 fully saturated rings. The topological polar surface area (TPSA) is 55.6 Å². The fourth-order valence-corrected chi connectivity index (χ4v) is 3.45. The predicted molar refractivity (Wildman–Crippen MR) is 87.5 cm³/mol. The number of hydrogen-bond donors (Lipinski definition) is 1. The number of nitrogens with two attached hydrogens (primary N) is 1. The number of rotatable bonds is 5. The standard InChI is InChI=1S/C16H24N2O2S/c1-12-5-13(2)7-14(6-12)10-21-11-16(19)18-3-4-20-15(8-17)9-18/h5-7,15H,3-4,8-11,17H2,1-2H3. The molecule has 1 aromatic carbocycles. The van der Waals surface area contributed by atoms with Crippen LogP contribution in [0.3, 0.4) is 0 Å². The lowest BCUT2D eigenvalue weighted by molar-refractivity contribution is -0.135.